The first-order valence-corrected chi connectivity index (χ1v) is 7.38. The number of aromatic nitrogens is 1. The summed E-state index contributed by atoms with van der Waals surface area (Å²) in [7, 11) is 0. The highest BCUT2D eigenvalue weighted by Gasteiger charge is 2.09. The molecule has 106 valence electrons. The van der Waals surface area contributed by atoms with E-state index >= 15 is 0 Å². The molecule has 1 N–H and O–H groups in total. The van der Waals surface area contributed by atoms with Crippen LogP contribution in [0, 0.1) is 5.82 Å². The van der Waals surface area contributed by atoms with E-state index in [-0.39, 0.29) is 18.1 Å². The molecule has 0 aliphatic rings. The predicted octanol–water partition coefficient (Wildman–Crippen LogP) is 3.26. The van der Waals surface area contributed by atoms with Gasteiger partial charge in [-0.1, -0.05) is 32.0 Å². The molecule has 0 radical (unpaired) electrons. The van der Waals surface area contributed by atoms with Crippen LogP contribution in [-0.4, -0.2) is 10.9 Å². The Hall–Kier alpha value is -1.75. The fourth-order valence-electron chi connectivity index (χ4n) is 1.74. The number of nitrogens with zero attached hydrogens (tertiary/aromatic N) is 1. The van der Waals surface area contributed by atoms with Gasteiger partial charge in [-0.25, -0.2) is 9.37 Å². The van der Waals surface area contributed by atoms with Crippen molar-refractivity contribution in [1.29, 1.82) is 0 Å². The van der Waals surface area contributed by atoms with Gasteiger partial charge in [0.2, 0.25) is 5.91 Å². The quantitative estimate of drug-likeness (QED) is 0.919. The molecule has 0 atom stereocenters. The molecule has 0 spiro atoms. The molecular formula is C15H17FN2OS. The minimum absolute atomic E-state index is 0.0495. The van der Waals surface area contributed by atoms with Crippen molar-refractivity contribution in [1.82, 2.24) is 10.3 Å². The summed E-state index contributed by atoms with van der Waals surface area (Å²) < 4.78 is 13.4. The molecule has 3 nitrogen and oxygen atoms in total. The number of amides is 1. The highest BCUT2D eigenvalue weighted by molar-refractivity contribution is 7.09. The lowest BCUT2D eigenvalue weighted by molar-refractivity contribution is -0.120. The van der Waals surface area contributed by atoms with E-state index in [4.69, 9.17) is 0 Å². The molecule has 0 aliphatic carbocycles. The second kappa shape index (κ2) is 6.61. The van der Waals surface area contributed by atoms with Crippen LogP contribution in [0.4, 0.5) is 4.39 Å². The van der Waals surface area contributed by atoms with E-state index < -0.39 is 0 Å². The normalized spacial score (nSPS) is 10.8. The second-order valence-corrected chi connectivity index (χ2v) is 5.77. The number of hydrogen-bond acceptors (Lipinski definition) is 3. The highest BCUT2D eigenvalue weighted by Crippen LogP contribution is 2.18. The summed E-state index contributed by atoms with van der Waals surface area (Å²) in [5.41, 5.74) is 1.26. The Bertz CT molecular complexity index is 595. The Morgan fingerprint density at radius 1 is 1.40 bits per heavy atom. The van der Waals surface area contributed by atoms with E-state index in [0.29, 0.717) is 18.0 Å². The zero-order valence-corrected chi connectivity index (χ0v) is 12.3. The summed E-state index contributed by atoms with van der Waals surface area (Å²) in [6, 6.07) is 6.31. The van der Waals surface area contributed by atoms with E-state index in [1.807, 2.05) is 5.38 Å². The molecule has 0 fully saturated rings. The van der Waals surface area contributed by atoms with E-state index in [0.717, 1.165) is 10.7 Å². The monoisotopic (exact) mass is 292 g/mol. The average Bonchev–Trinajstić information content (AvgIpc) is 2.88. The van der Waals surface area contributed by atoms with Crippen molar-refractivity contribution in [3.05, 3.63) is 51.7 Å². The lowest BCUT2D eigenvalue weighted by Gasteiger charge is -2.04. The maximum Gasteiger partial charge on any atom is 0.224 e. The van der Waals surface area contributed by atoms with Crippen LogP contribution >= 0.6 is 11.3 Å². The third-order valence-corrected chi connectivity index (χ3v) is 4.03. The number of carbonyl (C=O) groups is 1. The van der Waals surface area contributed by atoms with Crippen molar-refractivity contribution < 1.29 is 9.18 Å². The Balaban J connectivity index is 1.87. The van der Waals surface area contributed by atoms with Crippen molar-refractivity contribution in [3.8, 4) is 0 Å². The van der Waals surface area contributed by atoms with Crippen molar-refractivity contribution in [2.24, 2.45) is 0 Å². The molecule has 20 heavy (non-hydrogen) atoms. The lowest BCUT2D eigenvalue weighted by Crippen LogP contribution is -2.25. The molecule has 0 saturated carbocycles. The van der Waals surface area contributed by atoms with Gasteiger partial charge in [-0.05, 0) is 11.6 Å². The Kier molecular flexibility index (Phi) is 4.84. The van der Waals surface area contributed by atoms with Crippen LogP contribution in [0.1, 0.15) is 36.0 Å². The second-order valence-electron chi connectivity index (χ2n) is 4.88. The van der Waals surface area contributed by atoms with Gasteiger partial charge in [-0.2, -0.15) is 0 Å². The summed E-state index contributed by atoms with van der Waals surface area (Å²) in [6.45, 7) is 4.55. The van der Waals surface area contributed by atoms with E-state index in [9.17, 15) is 9.18 Å². The largest absolute Gasteiger partial charge is 0.350 e. The molecule has 2 aromatic rings. The third kappa shape index (κ3) is 3.87. The summed E-state index contributed by atoms with van der Waals surface area (Å²) in [4.78, 5) is 16.2. The average molecular weight is 292 g/mol. The van der Waals surface area contributed by atoms with Crippen molar-refractivity contribution in [2.45, 2.75) is 32.7 Å². The standard InChI is InChI=1S/C15H17FN2OS/c1-10(2)15-18-12(9-20-15)8-17-14(19)7-11-5-3-4-6-13(11)16/h3-6,9-10H,7-8H2,1-2H3,(H,17,19). The molecule has 0 saturated heterocycles. The molecule has 0 unspecified atom stereocenters. The van der Waals surface area contributed by atoms with E-state index in [1.54, 1.807) is 29.5 Å². The first kappa shape index (κ1) is 14.7. The first-order chi connectivity index (χ1) is 9.56. The topological polar surface area (TPSA) is 42.0 Å². The fraction of sp³-hybridized carbons (Fsp3) is 0.333. The third-order valence-electron chi connectivity index (χ3n) is 2.84. The number of halogens is 1. The Morgan fingerprint density at radius 3 is 2.80 bits per heavy atom. The van der Waals surface area contributed by atoms with Gasteiger partial charge in [-0.15, -0.1) is 11.3 Å². The van der Waals surface area contributed by atoms with Crippen molar-refractivity contribution in [3.63, 3.8) is 0 Å². The number of rotatable bonds is 5. The summed E-state index contributed by atoms with van der Waals surface area (Å²) in [5.74, 6) is -0.157. The summed E-state index contributed by atoms with van der Waals surface area (Å²) >= 11 is 1.59. The fourth-order valence-corrected chi connectivity index (χ4v) is 2.57. The molecule has 1 amide bonds. The summed E-state index contributed by atoms with van der Waals surface area (Å²) in [5, 5.41) is 5.77. The van der Waals surface area contributed by atoms with Crippen molar-refractivity contribution in [2.75, 3.05) is 0 Å². The molecule has 1 aromatic carbocycles. The van der Waals surface area contributed by atoms with Gasteiger partial charge in [0, 0.05) is 11.3 Å². The number of nitrogens with one attached hydrogen (secondary N) is 1. The van der Waals surface area contributed by atoms with Crippen LogP contribution in [0.25, 0.3) is 0 Å². The highest BCUT2D eigenvalue weighted by atomic mass is 32.1. The Morgan fingerprint density at radius 2 is 2.15 bits per heavy atom. The summed E-state index contributed by atoms with van der Waals surface area (Å²) in [6.07, 6.45) is 0.0495. The zero-order valence-electron chi connectivity index (χ0n) is 11.5. The van der Waals surface area contributed by atoms with Crippen LogP contribution in [0.5, 0.6) is 0 Å². The van der Waals surface area contributed by atoms with Crippen LogP contribution in [0.15, 0.2) is 29.6 Å². The predicted molar refractivity (Wildman–Crippen MR) is 78.2 cm³/mol. The molecule has 5 heteroatoms. The maximum absolute atomic E-state index is 13.4. The molecule has 1 heterocycles. The number of carbonyl (C=O) groups excluding carboxylic acids is 1. The van der Waals surface area contributed by atoms with Gasteiger partial charge in [0.1, 0.15) is 5.82 Å². The van der Waals surface area contributed by atoms with Gasteiger partial charge in [0.15, 0.2) is 0 Å². The molecule has 0 aliphatic heterocycles. The van der Waals surface area contributed by atoms with E-state index in [2.05, 4.69) is 24.1 Å². The number of benzene rings is 1. The molecule has 2 rings (SSSR count). The first-order valence-electron chi connectivity index (χ1n) is 6.50. The number of hydrogen-bond donors (Lipinski definition) is 1. The minimum Gasteiger partial charge on any atom is -0.350 e. The number of thiazole rings is 1. The SMILES string of the molecule is CC(C)c1nc(CNC(=O)Cc2ccccc2F)cs1. The van der Waals surface area contributed by atoms with Crippen LogP contribution in [0.2, 0.25) is 0 Å². The van der Waals surface area contributed by atoms with E-state index in [1.165, 1.54) is 6.07 Å². The van der Waals surface area contributed by atoms with Gasteiger partial charge >= 0.3 is 0 Å². The maximum atomic E-state index is 13.4. The Labute approximate surface area is 121 Å². The van der Waals surface area contributed by atoms with Gasteiger partial charge in [-0.3, -0.25) is 4.79 Å². The molecule has 0 bridgehead atoms. The van der Waals surface area contributed by atoms with Crippen LogP contribution in [0.3, 0.4) is 0 Å². The minimum atomic E-state index is -0.349. The lowest BCUT2D eigenvalue weighted by atomic mass is 10.1. The molecule has 1 aromatic heterocycles. The van der Waals surface area contributed by atoms with Gasteiger partial charge in [0.05, 0.1) is 23.7 Å². The zero-order chi connectivity index (χ0) is 14.5. The molecular weight excluding hydrogens is 275 g/mol. The van der Waals surface area contributed by atoms with Crippen LogP contribution < -0.4 is 5.32 Å². The van der Waals surface area contributed by atoms with Gasteiger partial charge in [0.25, 0.3) is 0 Å². The van der Waals surface area contributed by atoms with Crippen molar-refractivity contribution >= 4 is 17.2 Å². The van der Waals surface area contributed by atoms with Crippen LogP contribution in [-0.2, 0) is 17.8 Å². The smallest absolute Gasteiger partial charge is 0.224 e. The van der Waals surface area contributed by atoms with Gasteiger partial charge < -0.3 is 5.32 Å².